The molecule has 0 aromatic heterocycles. The summed E-state index contributed by atoms with van der Waals surface area (Å²) in [6.45, 7) is 6.66. The summed E-state index contributed by atoms with van der Waals surface area (Å²) in [6, 6.07) is 0. The number of allylic oxidation sites excluding steroid dienone is 4. The predicted molar refractivity (Wildman–Crippen MR) is 293 cm³/mol. The van der Waals surface area contributed by atoms with E-state index in [1.807, 2.05) is 0 Å². The number of hydrogen-bond donors (Lipinski definition) is 0. The summed E-state index contributed by atoms with van der Waals surface area (Å²) >= 11 is 0. The molecule has 0 bridgehead atoms. The van der Waals surface area contributed by atoms with Gasteiger partial charge in [-0.05, 0) is 51.4 Å². The van der Waals surface area contributed by atoms with Gasteiger partial charge in [0.15, 0.2) is 6.10 Å². The van der Waals surface area contributed by atoms with Gasteiger partial charge in [0.25, 0.3) is 0 Å². The van der Waals surface area contributed by atoms with E-state index < -0.39 is 6.10 Å². The van der Waals surface area contributed by atoms with Crippen molar-refractivity contribution in [3.05, 3.63) is 24.3 Å². The van der Waals surface area contributed by atoms with E-state index in [4.69, 9.17) is 14.2 Å². The number of esters is 3. The van der Waals surface area contributed by atoms with E-state index in [-0.39, 0.29) is 31.1 Å². The Kier molecular flexibility index (Phi) is 55.7. The highest BCUT2D eigenvalue weighted by molar-refractivity contribution is 5.71. The zero-order valence-corrected chi connectivity index (χ0v) is 45.9. The van der Waals surface area contributed by atoms with E-state index in [0.717, 1.165) is 64.2 Å². The summed E-state index contributed by atoms with van der Waals surface area (Å²) in [6.07, 6.45) is 67.6. The second-order valence-corrected chi connectivity index (χ2v) is 20.6. The Hall–Kier alpha value is -2.11. The molecule has 0 saturated carbocycles. The van der Waals surface area contributed by atoms with Gasteiger partial charge >= 0.3 is 17.9 Å². The third-order valence-corrected chi connectivity index (χ3v) is 13.7. The van der Waals surface area contributed by atoms with Gasteiger partial charge in [-0.2, -0.15) is 0 Å². The van der Waals surface area contributed by atoms with Gasteiger partial charge in [-0.1, -0.05) is 289 Å². The molecule has 0 amide bonds. The van der Waals surface area contributed by atoms with Crippen LogP contribution in [0.25, 0.3) is 0 Å². The van der Waals surface area contributed by atoms with Gasteiger partial charge in [0.05, 0.1) is 0 Å². The zero-order valence-electron chi connectivity index (χ0n) is 45.9. The van der Waals surface area contributed by atoms with Crippen LogP contribution in [0.2, 0.25) is 0 Å². The number of unbranched alkanes of at least 4 members (excludes halogenated alkanes) is 41. The van der Waals surface area contributed by atoms with Crippen molar-refractivity contribution >= 4 is 17.9 Å². The van der Waals surface area contributed by atoms with Gasteiger partial charge in [-0.25, -0.2) is 0 Å². The highest BCUT2D eigenvalue weighted by atomic mass is 16.6. The zero-order chi connectivity index (χ0) is 49.3. The van der Waals surface area contributed by atoms with Crippen LogP contribution in [-0.4, -0.2) is 37.2 Å². The first-order valence-corrected chi connectivity index (χ1v) is 30.3. The van der Waals surface area contributed by atoms with Crippen LogP contribution >= 0.6 is 0 Å². The van der Waals surface area contributed by atoms with E-state index in [0.29, 0.717) is 19.3 Å². The number of hydrogen-bond acceptors (Lipinski definition) is 6. The summed E-state index contributed by atoms with van der Waals surface area (Å²) in [7, 11) is 0. The Morgan fingerprint density at radius 3 is 0.809 bits per heavy atom. The van der Waals surface area contributed by atoms with Crippen molar-refractivity contribution in [3.8, 4) is 0 Å². The van der Waals surface area contributed by atoms with Crippen LogP contribution in [0.1, 0.15) is 335 Å². The molecular formula is C62H116O6. The van der Waals surface area contributed by atoms with Gasteiger partial charge in [-0.15, -0.1) is 0 Å². The minimum Gasteiger partial charge on any atom is -0.462 e. The fourth-order valence-electron chi connectivity index (χ4n) is 9.12. The molecule has 0 aliphatic heterocycles. The molecule has 0 aromatic carbocycles. The molecule has 0 fully saturated rings. The van der Waals surface area contributed by atoms with E-state index in [1.165, 1.54) is 231 Å². The number of carbonyl (C=O) groups is 3. The predicted octanol–water partition coefficient (Wildman–Crippen LogP) is 20.3. The third kappa shape index (κ3) is 54.8. The lowest BCUT2D eigenvalue weighted by Gasteiger charge is -2.18. The second kappa shape index (κ2) is 57.5. The molecule has 0 N–H and O–H groups in total. The highest BCUT2D eigenvalue weighted by Crippen LogP contribution is 2.17. The molecule has 0 saturated heterocycles. The summed E-state index contributed by atoms with van der Waals surface area (Å²) < 4.78 is 16.9. The maximum absolute atomic E-state index is 12.8. The lowest BCUT2D eigenvalue weighted by atomic mass is 10.0. The molecule has 1 atom stereocenters. The first kappa shape index (κ1) is 65.9. The van der Waals surface area contributed by atoms with Crippen LogP contribution in [0.15, 0.2) is 24.3 Å². The maximum atomic E-state index is 12.8. The Labute approximate surface area is 423 Å². The van der Waals surface area contributed by atoms with Crippen molar-refractivity contribution in [1.82, 2.24) is 0 Å². The second-order valence-electron chi connectivity index (χ2n) is 20.6. The topological polar surface area (TPSA) is 78.9 Å². The SMILES string of the molecule is CCCCCCC/C=C\C/C=C\CCCCCCCCCCCCCC(=O)OCC(COC(=O)CCCCCCCCCCC)OC(=O)CCCCCCCCCCCCCCCCCCCC. The Balaban J connectivity index is 4.19. The first-order valence-electron chi connectivity index (χ1n) is 30.3. The Morgan fingerprint density at radius 1 is 0.294 bits per heavy atom. The van der Waals surface area contributed by atoms with Gasteiger partial charge < -0.3 is 14.2 Å². The molecule has 0 radical (unpaired) electrons. The van der Waals surface area contributed by atoms with Crippen LogP contribution in [0.3, 0.4) is 0 Å². The molecule has 6 heteroatoms. The molecule has 0 spiro atoms. The molecule has 400 valence electrons. The molecule has 0 aliphatic rings. The van der Waals surface area contributed by atoms with Crippen molar-refractivity contribution in [1.29, 1.82) is 0 Å². The number of ether oxygens (including phenoxy) is 3. The summed E-state index contributed by atoms with van der Waals surface area (Å²) in [4.78, 5) is 38.1. The first-order chi connectivity index (χ1) is 33.5. The van der Waals surface area contributed by atoms with Crippen molar-refractivity contribution in [2.75, 3.05) is 13.2 Å². The molecule has 0 heterocycles. The molecule has 6 nitrogen and oxygen atoms in total. The average Bonchev–Trinajstić information content (AvgIpc) is 3.34. The minimum absolute atomic E-state index is 0.0663. The van der Waals surface area contributed by atoms with Crippen molar-refractivity contribution in [2.45, 2.75) is 341 Å². The lowest BCUT2D eigenvalue weighted by Crippen LogP contribution is -2.30. The molecule has 0 rings (SSSR count). The van der Waals surface area contributed by atoms with E-state index in [2.05, 4.69) is 45.1 Å². The largest absolute Gasteiger partial charge is 0.462 e. The number of rotatable bonds is 56. The monoisotopic (exact) mass is 957 g/mol. The minimum atomic E-state index is -0.766. The highest BCUT2D eigenvalue weighted by Gasteiger charge is 2.19. The lowest BCUT2D eigenvalue weighted by molar-refractivity contribution is -0.167. The fraction of sp³-hybridized carbons (Fsp3) is 0.887. The van der Waals surface area contributed by atoms with E-state index in [1.54, 1.807) is 0 Å². The van der Waals surface area contributed by atoms with Gasteiger partial charge in [0.2, 0.25) is 0 Å². The third-order valence-electron chi connectivity index (χ3n) is 13.7. The number of carbonyl (C=O) groups excluding carboxylic acids is 3. The quantitative estimate of drug-likeness (QED) is 0.0262. The van der Waals surface area contributed by atoms with Gasteiger partial charge in [0, 0.05) is 19.3 Å². The van der Waals surface area contributed by atoms with E-state index >= 15 is 0 Å². The van der Waals surface area contributed by atoms with Crippen LogP contribution in [0.4, 0.5) is 0 Å². The Morgan fingerprint density at radius 2 is 0.529 bits per heavy atom. The Bertz CT molecular complexity index is 1100. The van der Waals surface area contributed by atoms with Crippen molar-refractivity contribution < 1.29 is 28.6 Å². The summed E-state index contributed by atoms with van der Waals surface area (Å²) in [5.41, 5.74) is 0. The maximum Gasteiger partial charge on any atom is 0.306 e. The average molecular weight is 958 g/mol. The van der Waals surface area contributed by atoms with Crippen molar-refractivity contribution in [3.63, 3.8) is 0 Å². The smallest absolute Gasteiger partial charge is 0.306 e. The van der Waals surface area contributed by atoms with Crippen molar-refractivity contribution in [2.24, 2.45) is 0 Å². The summed E-state index contributed by atoms with van der Waals surface area (Å²) in [5.74, 6) is -0.848. The molecule has 0 aromatic rings. The molecular weight excluding hydrogens is 841 g/mol. The van der Waals surface area contributed by atoms with Crippen LogP contribution in [-0.2, 0) is 28.6 Å². The van der Waals surface area contributed by atoms with E-state index in [9.17, 15) is 14.4 Å². The normalized spacial score (nSPS) is 12.1. The van der Waals surface area contributed by atoms with Crippen LogP contribution in [0.5, 0.6) is 0 Å². The van der Waals surface area contributed by atoms with Crippen LogP contribution < -0.4 is 0 Å². The molecule has 68 heavy (non-hydrogen) atoms. The van der Waals surface area contributed by atoms with Gasteiger partial charge in [0.1, 0.15) is 13.2 Å². The van der Waals surface area contributed by atoms with Gasteiger partial charge in [-0.3, -0.25) is 14.4 Å². The fourth-order valence-corrected chi connectivity index (χ4v) is 9.12. The molecule has 0 aliphatic carbocycles. The summed E-state index contributed by atoms with van der Waals surface area (Å²) in [5, 5.41) is 0. The standard InChI is InChI=1S/C62H116O6/c1-4-7-10-13-16-19-21-23-25-27-29-30-31-32-33-35-36-38-40-43-46-49-52-55-61(64)67-58-59(57-66-60(63)54-51-48-45-42-18-15-12-9-6-3)68-62(65)56-53-50-47-44-41-39-37-34-28-26-24-22-20-17-14-11-8-5-2/h21,23,27,29,59H,4-20,22,24-26,28,30-58H2,1-3H3/b23-21-,29-27-. The molecule has 1 unspecified atom stereocenters. The van der Waals surface area contributed by atoms with Crippen LogP contribution in [0, 0.1) is 0 Å².